The Labute approximate surface area is 268 Å². The van der Waals surface area contributed by atoms with Crippen LogP contribution in [0.4, 0.5) is 5.13 Å². The van der Waals surface area contributed by atoms with Crippen LogP contribution in [0.5, 0.6) is 0 Å². The molecule has 0 spiro atoms. The fraction of sp³-hybridized carbons (Fsp3) is 0.500. The highest BCUT2D eigenvalue weighted by Crippen LogP contribution is 2.29. The zero-order valence-electron chi connectivity index (χ0n) is 25.1. The molecule has 0 saturated carbocycles. The molecule has 2 amide bonds. The van der Waals surface area contributed by atoms with Crippen molar-refractivity contribution >= 4 is 51.5 Å². The summed E-state index contributed by atoms with van der Waals surface area (Å²) in [4.78, 5) is 31.8. The first kappa shape index (κ1) is 33.2. The van der Waals surface area contributed by atoms with Gasteiger partial charge in [-0.05, 0) is 60.8 Å². The lowest BCUT2D eigenvalue weighted by atomic mass is 9.92. The number of hydrogen-bond donors (Lipinski definition) is 2. The number of benzene rings is 2. The zero-order valence-corrected chi connectivity index (χ0v) is 27.4. The van der Waals surface area contributed by atoms with Gasteiger partial charge in [-0.3, -0.25) is 9.59 Å². The lowest BCUT2D eigenvalue weighted by Crippen LogP contribution is -2.63. The van der Waals surface area contributed by atoms with Crippen LogP contribution in [-0.2, 0) is 16.0 Å². The molecule has 43 heavy (non-hydrogen) atoms. The quantitative estimate of drug-likeness (QED) is 0.213. The van der Waals surface area contributed by atoms with Crippen LogP contribution in [-0.4, -0.2) is 69.6 Å². The smallest absolute Gasteiger partial charge is 0.240 e. The summed E-state index contributed by atoms with van der Waals surface area (Å²) in [7, 11) is 0. The van der Waals surface area contributed by atoms with Crippen LogP contribution in [0, 0.1) is 5.92 Å². The summed E-state index contributed by atoms with van der Waals surface area (Å²) in [6, 6.07) is 14.4. The summed E-state index contributed by atoms with van der Waals surface area (Å²) in [6.07, 6.45) is 3.05. The predicted molar refractivity (Wildman–Crippen MR) is 176 cm³/mol. The standard InChI is InChI=1S/C32H42Cl2N6O2S/c1-21(2)14-27-19-40(31(42)29(35)16-24-11-12-25(33)17-28(24)34)26(10-7-13-36-32-38-37-20-43-32)18-39(27)30(41)15-22(3)23-8-5-4-6-9-23/h4-6,8-9,11-12,17,20-22,26-27,29H,7,10,13-16,18-19,35H2,1-3H3,(H,36,38)/t22-,26-,27+,29+/m0/s1. The Hall–Kier alpha value is -2.72. The van der Waals surface area contributed by atoms with E-state index >= 15 is 0 Å². The number of anilines is 1. The van der Waals surface area contributed by atoms with E-state index in [1.807, 2.05) is 34.1 Å². The van der Waals surface area contributed by atoms with Crippen molar-refractivity contribution in [2.75, 3.05) is 25.0 Å². The van der Waals surface area contributed by atoms with E-state index in [2.05, 4.69) is 48.4 Å². The van der Waals surface area contributed by atoms with E-state index in [1.165, 1.54) is 11.3 Å². The third-order valence-electron chi connectivity index (χ3n) is 8.02. The van der Waals surface area contributed by atoms with E-state index in [1.54, 1.807) is 17.6 Å². The summed E-state index contributed by atoms with van der Waals surface area (Å²) >= 11 is 13.9. The van der Waals surface area contributed by atoms with E-state index in [4.69, 9.17) is 28.9 Å². The second kappa shape index (κ2) is 15.8. The number of nitrogens with two attached hydrogens (primary N) is 1. The Balaban J connectivity index is 1.52. The van der Waals surface area contributed by atoms with E-state index in [0.717, 1.165) is 35.5 Å². The SMILES string of the molecule is CC(C)C[C@@H]1CN(C(=O)[C@H](N)Cc2ccc(Cl)cc2Cl)[C@@H](CCCNc2nncs2)CN1C(=O)C[C@H](C)c1ccccc1. The van der Waals surface area contributed by atoms with E-state index in [0.29, 0.717) is 48.4 Å². The third-order valence-corrected chi connectivity index (χ3v) is 9.25. The van der Waals surface area contributed by atoms with Gasteiger partial charge < -0.3 is 20.9 Å². The maximum absolute atomic E-state index is 14.0. The van der Waals surface area contributed by atoms with Crippen molar-refractivity contribution in [1.82, 2.24) is 20.0 Å². The van der Waals surface area contributed by atoms with Crippen LogP contribution in [0.25, 0.3) is 0 Å². The van der Waals surface area contributed by atoms with Gasteiger partial charge in [0.15, 0.2) is 0 Å². The molecular weight excluding hydrogens is 603 g/mol. The first-order chi connectivity index (χ1) is 20.6. The fourth-order valence-electron chi connectivity index (χ4n) is 5.80. The van der Waals surface area contributed by atoms with E-state index in [-0.39, 0.29) is 29.8 Å². The van der Waals surface area contributed by atoms with E-state index in [9.17, 15) is 9.59 Å². The number of carbonyl (C=O) groups excluding carboxylic acids is 2. The summed E-state index contributed by atoms with van der Waals surface area (Å²) < 4.78 is 0. The minimum atomic E-state index is -0.763. The number of piperazine rings is 1. The monoisotopic (exact) mass is 644 g/mol. The van der Waals surface area contributed by atoms with Crippen LogP contribution in [0.3, 0.4) is 0 Å². The molecule has 2 heterocycles. The largest absolute Gasteiger partial charge is 0.360 e. The molecule has 4 atom stereocenters. The van der Waals surface area contributed by atoms with Gasteiger partial charge in [0.05, 0.1) is 6.04 Å². The Bertz CT molecular complexity index is 1330. The maximum Gasteiger partial charge on any atom is 0.240 e. The van der Waals surface area contributed by atoms with Crippen molar-refractivity contribution in [3.8, 4) is 0 Å². The average molecular weight is 646 g/mol. The molecular formula is C32H42Cl2N6O2S. The lowest BCUT2D eigenvalue weighted by molar-refractivity contribution is -0.148. The Morgan fingerprint density at radius 3 is 2.49 bits per heavy atom. The fourth-order valence-corrected chi connectivity index (χ4v) is 6.76. The normalized spacial score (nSPS) is 18.5. The molecule has 1 fully saturated rings. The van der Waals surface area contributed by atoms with Gasteiger partial charge in [-0.1, -0.05) is 91.7 Å². The molecule has 1 saturated heterocycles. The molecule has 3 aromatic rings. The van der Waals surface area contributed by atoms with Gasteiger partial charge in [0.1, 0.15) is 5.51 Å². The van der Waals surface area contributed by atoms with Crippen molar-refractivity contribution in [3.05, 3.63) is 75.2 Å². The summed E-state index contributed by atoms with van der Waals surface area (Å²) in [5.74, 6) is 0.466. The highest BCUT2D eigenvalue weighted by Gasteiger charge is 2.40. The van der Waals surface area contributed by atoms with Gasteiger partial charge in [0.25, 0.3) is 0 Å². The molecule has 8 nitrogen and oxygen atoms in total. The first-order valence-corrected chi connectivity index (χ1v) is 16.6. The van der Waals surface area contributed by atoms with Gasteiger partial charge >= 0.3 is 0 Å². The van der Waals surface area contributed by atoms with Crippen LogP contribution in [0.15, 0.2) is 54.0 Å². The van der Waals surface area contributed by atoms with Gasteiger partial charge in [-0.15, -0.1) is 10.2 Å². The number of rotatable bonds is 13. The molecule has 0 aliphatic carbocycles. The van der Waals surface area contributed by atoms with Crippen LogP contribution in [0.2, 0.25) is 10.0 Å². The zero-order chi connectivity index (χ0) is 30.9. The van der Waals surface area contributed by atoms with E-state index < -0.39 is 6.04 Å². The number of carbonyl (C=O) groups is 2. The minimum Gasteiger partial charge on any atom is -0.360 e. The highest BCUT2D eigenvalue weighted by molar-refractivity contribution is 7.13. The Kier molecular flexibility index (Phi) is 12.2. The molecule has 1 aliphatic heterocycles. The van der Waals surface area contributed by atoms with Crippen LogP contribution >= 0.6 is 34.5 Å². The Morgan fingerprint density at radius 2 is 1.81 bits per heavy atom. The molecule has 2 aromatic carbocycles. The van der Waals surface area contributed by atoms with Crippen molar-refractivity contribution < 1.29 is 9.59 Å². The molecule has 1 aliphatic rings. The molecule has 232 valence electrons. The summed E-state index contributed by atoms with van der Waals surface area (Å²) in [6.45, 7) is 8.04. The number of amides is 2. The molecule has 1 aromatic heterocycles. The highest BCUT2D eigenvalue weighted by atomic mass is 35.5. The number of hydrogen-bond acceptors (Lipinski definition) is 7. The first-order valence-electron chi connectivity index (χ1n) is 15.0. The minimum absolute atomic E-state index is 0.0819. The number of nitrogens with zero attached hydrogens (tertiary/aromatic N) is 4. The summed E-state index contributed by atoms with van der Waals surface area (Å²) in [5, 5.41) is 13.0. The number of aromatic nitrogens is 2. The molecule has 0 radical (unpaired) electrons. The third kappa shape index (κ3) is 9.38. The average Bonchev–Trinajstić information content (AvgIpc) is 3.50. The molecule has 4 rings (SSSR count). The second-order valence-electron chi connectivity index (χ2n) is 11.8. The molecule has 0 unspecified atom stereocenters. The van der Waals surface area contributed by atoms with Crippen molar-refractivity contribution in [3.63, 3.8) is 0 Å². The molecule has 0 bridgehead atoms. The maximum atomic E-state index is 14.0. The Morgan fingerprint density at radius 1 is 1.07 bits per heavy atom. The molecule has 11 heteroatoms. The van der Waals surface area contributed by atoms with Crippen molar-refractivity contribution in [2.45, 2.75) is 76.9 Å². The topological polar surface area (TPSA) is 104 Å². The second-order valence-corrected chi connectivity index (χ2v) is 13.5. The number of halogens is 2. The van der Waals surface area contributed by atoms with Crippen molar-refractivity contribution in [2.24, 2.45) is 11.7 Å². The van der Waals surface area contributed by atoms with Crippen LogP contribution in [0.1, 0.15) is 63.5 Å². The van der Waals surface area contributed by atoms with Gasteiger partial charge in [-0.2, -0.15) is 0 Å². The van der Waals surface area contributed by atoms with Gasteiger partial charge in [-0.25, -0.2) is 0 Å². The van der Waals surface area contributed by atoms with Gasteiger partial charge in [0, 0.05) is 48.2 Å². The number of nitrogens with one attached hydrogen (secondary N) is 1. The molecule has 3 N–H and O–H groups in total. The van der Waals surface area contributed by atoms with Crippen molar-refractivity contribution in [1.29, 1.82) is 0 Å². The lowest BCUT2D eigenvalue weighted by Gasteiger charge is -2.48. The summed E-state index contributed by atoms with van der Waals surface area (Å²) in [5.41, 5.74) is 10.2. The van der Waals surface area contributed by atoms with Crippen LogP contribution < -0.4 is 11.1 Å². The van der Waals surface area contributed by atoms with Gasteiger partial charge in [0.2, 0.25) is 16.9 Å². The predicted octanol–water partition coefficient (Wildman–Crippen LogP) is 6.25.